The van der Waals surface area contributed by atoms with Gasteiger partial charge in [0.2, 0.25) is 5.91 Å². The van der Waals surface area contributed by atoms with E-state index in [1.165, 1.54) is 11.1 Å². The van der Waals surface area contributed by atoms with Crippen molar-refractivity contribution in [2.24, 2.45) is 5.92 Å². The molecule has 0 unspecified atom stereocenters. The molecular formula is C22H27NO2. The molecule has 1 N–H and O–H groups in total. The van der Waals surface area contributed by atoms with Crippen LogP contribution < -0.4 is 0 Å². The number of aliphatic hydroxyl groups is 1. The molecular weight excluding hydrogens is 310 g/mol. The Kier molecular flexibility index (Phi) is 5.87. The van der Waals surface area contributed by atoms with Gasteiger partial charge in [0.05, 0.1) is 6.10 Å². The van der Waals surface area contributed by atoms with Crippen LogP contribution in [0.1, 0.15) is 42.1 Å². The Balaban J connectivity index is 1.47. The summed E-state index contributed by atoms with van der Waals surface area (Å²) in [6.07, 6.45) is 2.67. The predicted molar refractivity (Wildman–Crippen MR) is 100 cm³/mol. The summed E-state index contributed by atoms with van der Waals surface area (Å²) in [5.41, 5.74) is 3.44. The van der Waals surface area contributed by atoms with Crippen molar-refractivity contribution >= 4 is 5.91 Å². The lowest BCUT2D eigenvalue weighted by Crippen LogP contribution is -2.39. The van der Waals surface area contributed by atoms with E-state index in [-0.39, 0.29) is 11.8 Å². The van der Waals surface area contributed by atoms with E-state index >= 15 is 0 Å². The van der Waals surface area contributed by atoms with Crippen LogP contribution in [0.25, 0.3) is 0 Å². The third-order valence-electron chi connectivity index (χ3n) is 5.19. The van der Waals surface area contributed by atoms with Crippen LogP contribution in [0, 0.1) is 12.8 Å². The lowest BCUT2D eigenvalue weighted by Gasteiger charge is -2.34. The molecule has 2 aromatic carbocycles. The van der Waals surface area contributed by atoms with Crippen LogP contribution in [0.2, 0.25) is 0 Å². The third-order valence-corrected chi connectivity index (χ3v) is 5.19. The summed E-state index contributed by atoms with van der Waals surface area (Å²) in [5, 5.41) is 10.5. The first kappa shape index (κ1) is 17.7. The number of carbonyl (C=O) groups excluding carboxylic acids is 1. The summed E-state index contributed by atoms with van der Waals surface area (Å²) >= 11 is 0. The van der Waals surface area contributed by atoms with Gasteiger partial charge in [-0.1, -0.05) is 60.2 Å². The lowest BCUT2D eigenvalue weighted by atomic mass is 9.87. The fourth-order valence-corrected chi connectivity index (χ4v) is 3.66. The van der Waals surface area contributed by atoms with E-state index in [0.717, 1.165) is 37.9 Å². The standard InChI is InChI=1S/C22H27NO2/c1-17-6-5-7-18(16-17)10-11-21(24)23-14-12-20(13-15-23)22(25)19-8-3-2-4-9-19/h2-9,16,20,22,25H,10-15H2,1H3/t22-/m1/s1. The van der Waals surface area contributed by atoms with E-state index in [1.807, 2.05) is 41.3 Å². The zero-order chi connectivity index (χ0) is 17.6. The number of hydrogen-bond acceptors (Lipinski definition) is 2. The Labute approximate surface area is 150 Å². The third kappa shape index (κ3) is 4.70. The summed E-state index contributed by atoms with van der Waals surface area (Å²) < 4.78 is 0. The van der Waals surface area contributed by atoms with Crippen molar-refractivity contribution < 1.29 is 9.90 Å². The van der Waals surface area contributed by atoms with E-state index in [2.05, 4.69) is 25.1 Å². The highest BCUT2D eigenvalue weighted by Gasteiger charge is 2.27. The zero-order valence-corrected chi connectivity index (χ0v) is 14.9. The maximum Gasteiger partial charge on any atom is 0.222 e. The minimum Gasteiger partial charge on any atom is -0.388 e. The zero-order valence-electron chi connectivity index (χ0n) is 14.9. The smallest absolute Gasteiger partial charge is 0.222 e. The fourth-order valence-electron chi connectivity index (χ4n) is 3.66. The van der Waals surface area contributed by atoms with Gasteiger partial charge >= 0.3 is 0 Å². The summed E-state index contributed by atoms with van der Waals surface area (Å²) in [6, 6.07) is 18.2. The van der Waals surface area contributed by atoms with Crippen LogP contribution in [-0.2, 0) is 11.2 Å². The second-order valence-corrected chi connectivity index (χ2v) is 7.06. The van der Waals surface area contributed by atoms with Crippen molar-refractivity contribution in [2.45, 2.75) is 38.7 Å². The van der Waals surface area contributed by atoms with Gasteiger partial charge in [-0.3, -0.25) is 4.79 Å². The van der Waals surface area contributed by atoms with Gasteiger partial charge in [-0.15, -0.1) is 0 Å². The molecule has 0 bridgehead atoms. The summed E-state index contributed by atoms with van der Waals surface area (Å²) in [7, 11) is 0. The molecule has 1 aliphatic heterocycles. The quantitative estimate of drug-likeness (QED) is 0.899. The van der Waals surface area contributed by atoms with Crippen LogP contribution in [-0.4, -0.2) is 29.0 Å². The molecule has 3 heteroatoms. The molecule has 0 spiro atoms. The van der Waals surface area contributed by atoms with Crippen molar-refractivity contribution in [1.82, 2.24) is 4.90 Å². The average molecular weight is 337 g/mol. The SMILES string of the molecule is Cc1cccc(CCC(=O)N2CCC([C@H](O)c3ccccc3)CC2)c1. The Bertz CT molecular complexity index is 690. The number of rotatable bonds is 5. The van der Waals surface area contributed by atoms with Crippen molar-refractivity contribution in [3.8, 4) is 0 Å². The number of aliphatic hydroxyl groups excluding tert-OH is 1. The van der Waals surface area contributed by atoms with Gasteiger partial charge in [0, 0.05) is 19.5 Å². The van der Waals surface area contributed by atoms with Crippen LogP contribution in [0.15, 0.2) is 54.6 Å². The van der Waals surface area contributed by atoms with Gasteiger partial charge in [0.25, 0.3) is 0 Å². The maximum absolute atomic E-state index is 12.5. The van der Waals surface area contributed by atoms with E-state index in [4.69, 9.17) is 0 Å². The number of carbonyl (C=O) groups is 1. The molecule has 2 aromatic rings. The largest absolute Gasteiger partial charge is 0.388 e. The lowest BCUT2D eigenvalue weighted by molar-refractivity contribution is -0.133. The van der Waals surface area contributed by atoms with Gasteiger partial charge in [-0.05, 0) is 43.2 Å². The first-order valence-corrected chi connectivity index (χ1v) is 9.20. The molecule has 0 saturated carbocycles. The minimum atomic E-state index is -0.425. The molecule has 0 aromatic heterocycles. The molecule has 1 aliphatic rings. The van der Waals surface area contributed by atoms with Gasteiger partial charge < -0.3 is 10.0 Å². The monoisotopic (exact) mass is 337 g/mol. The highest BCUT2D eigenvalue weighted by molar-refractivity contribution is 5.76. The molecule has 1 fully saturated rings. The van der Waals surface area contributed by atoms with Crippen LogP contribution in [0.4, 0.5) is 0 Å². The van der Waals surface area contributed by atoms with Gasteiger partial charge in [-0.25, -0.2) is 0 Å². The number of likely N-dealkylation sites (tertiary alicyclic amines) is 1. The Morgan fingerprint density at radius 1 is 1.12 bits per heavy atom. The van der Waals surface area contributed by atoms with Gasteiger partial charge in [0.1, 0.15) is 0 Å². The molecule has 3 rings (SSSR count). The van der Waals surface area contributed by atoms with E-state index in [1.54, 1.807) is 0 Å². The normalized spacial score (nSPS) is 16.6. The average Bonchev–Trinajstić information content (AvgIpc) is 2.66. The molecule has 1 saturated heterocycles. The molecule has 0 aliphatic carbocycles. The molecule has 1 atom stereocenters. The molecule has 3 nitrogen and oxygen atoms in total. The molecule has 0 radical (unpaired) electrons. The van der Waals surface area contributed by atoms with Gasteiger partial charge in [0.15, 0.2) is 0 Å². The number of aryl methyl sites for hydroxylation is 2. The van der Waals surface area contributed by atoms with Crippen LogP contribution in [0.3, 0.4) is 0 Å². The Morgan fingerprint density at radius 2 is 1.84 bits per heavy atom. The minimum absolute atomic E-state index is 0.231. The Hall–Kier alpha value is -2.13. The molecule has 25 heavy (non-hydrogen) atoms. The number of hydrogen-bond donors (Lipinski definition) is 1. The second-order valence-electron chi connectivity index (χ2n) is 7.06. The summed E-state index contributed by atoms with van der Waals surface area (Å²) in [5.74, 6) is 0.470. The fraction of sp³-hybridized carbons (Fsp3) is 0.409. The molecule has 1 heterocycles. The van der Waals surface area contributed by atoms with Crippen molar-refractivity contribution in [2.75, 3.05) is 13.1 Å². The molecule has 132 valence electrons. The predicted octanol–water partition coefficient (Wildman–Crippen LogP) is 3.90. The first-order chi connectivity index (χ1) is 12.1. The number of benzene rings is 2. The number of nitrogens with zero attached hydrogens (tertiary/aromatic N) is 1. The van der Waals surface area contributed by atoms with E-state index < -0.39 is 6.10 Å². The van der Waals surface area contributed by atoms with E-state index in [9.17, 15) is 9.90 Å². The summed E-state index contributed by atoms with van der Waals surface area (Å²) in [6.45, 7) is 3.58. The first-order valence-electron chi connectivity index (χ1n) is 9.20. The second kappa shape index (κ2) is 8.30. The topological polar surface area (TPSA) is 40.5 Å². The summed E-state index contributed by atoms with van der Waals surface area (Å²) in [4.78, 5) is 14.4. The Morgan fingerprint density at radius 3 is 2.52 bits per heavy atom. The van der Waals surface area contributed by atoms with Crippen LogP contribution in [0.5, 0.6) is 0 Å². The van der Waals surface area contributed by atoms with Crippen molar-refractivity contribution in [1.29, 1.82) is 0 Å². The molecule has 1 amide bonds. The number of amides is 1. The van der Waals surface area contributed by atoms with Gasteiger partial charge in [-0.2, -0.15) is 0 Å². The maximum atomic E-state index is 12.5. The highest BCUT2D eigenvalue weighted by atomic mass is 16.3. The van der Waals surface area contributed by atoms with E-state index in [0.29, 0.717) is 6.42 Å². The number of piperidine rings is 1. The van der Waals surface area contributed by atoms with Crippen molar-refractivity contribution in [3.05, 3.63) is 71.3 Å². The highest BCUT2D eigenvalue weighted by Crippen LogP contribution is 2.30. The van der Waals surface area contributed by atoms with Crippen LogP contribution >= 0.6 is 0 Å². The van der Waals surface area contributed by atoms with Crippen molar-refractivity contribution in [3.63, 3.8) is 0 Å².